The fourth-order valence-corrected chi connectivity index (χ4v) is 2.66. The van der Waals surface area contributed by atoms with Crippen molar-refractivity contribution in [3.63, 3.8) is 0 Å². The predicted octanol–water partition coefficient (Wildman–Crippen LogP) is 2.22. The number of hydrogen-bond acceptors (Lipinski definition) is 6. The Morgan fingerprint density at radius 2 is 2.04 bits per heavy atom. The average molecular weight is 359 g/mol. The van der Waals surface area contributed by atoms with Crippen LogP contribution in [-0.4, -0.2) is 41.8 Å². The monoisotopic (exact) mass is 359 g/mol. The number of carbonyl (C=O) groups is 2. The Labute approximate surface area is 148 Å². The van der Waals surface area contributed by atoms with Gasteiger partial charge in [0.1, 0.15) is 10.7 Å². The Balaban J connectivity index is 1.59. The van der Waals surface area contributed by atoms with Crippen molar-refractivity contribution in [3.05, 3.63) is 51.8 Å². The van der Waals surface area contributed by atoms with Crippen LogP contribution in [0.3, 0.4) is 0 Å². The first kappa shape index (κ1) is 17.5. The summed E-state index contributed by atoms with van der Waals surface area (Å²) in [6, 6.07) is 7.83. The molecular weight excluding hydrogens is 342 g/mol. The number of aryl methyl sites for hydroxylation is 1. The lowest BCUT2D eigenvalue weighted by Gasteiger charge is -2.37. The number of methoxy groups -OCH3 is 1. The van der Waals surface area contributed by atoms with Crippen LogP contribution < -0.4 is 10.1 Å². The van der Waals surface area contributed by atoms with Gasteiger partial charge in [-0.25, -0.2) is 0 Å². The van der Waals surface area contributed by atoms with Crippen LogP contribution in [-0.2, 0) is 4.79 Å². The molecule has 136 valence electrons. The quantitative estimate of drug-likeness (QED) is 0.646. The Hall–Kier alpha value is -3.36. The van der Waals surface area contributed by atoms with Gasteiger partial charge in [-0.1, -0.05) is 6.07 Å². The minimum absolute atomic E-state index is 0.115. The van der Waals surface area contributed by atoms with E-state index in [2.05, 4.69) is 5.32 Å². The second-order valence-electron chi connectivity index (χ2n) is 6.00. The number of nitrogens with zero attached hydrogens (tertiary/aromatic N) is 2. The highest BCUT2D eigenvalue weighted by atomic mass is 16.6. The highest BCUT2D eigenvalue weighted by molar-refractivity contribution is 5.98. The molecule has 1 saturated heterocycles. The summed E-state index contributed by atoms with van der Waals surface area (Å²) in [7, 11) is 1.52. The molecule has 0 unspecified atom stereocenters. The summed E-state index contributed by atoms with van der Waals surface area (Å²) in [6.07, 6.45) is 0. The smallest absolute Gasteiger partial charge is 0.433 e. The van der Waals surface area contributed by atoms with Crippen LogP contribution in [0, 0.1) is 23.0 Å². The zero-order valence-corrected chi connectivity index (χ0v) is 14.2. The molecule has 0 saturated carbocycles. The van der Waals surface area contributed by atoms with Gasteiger partial charge < -0.3 is 19.4 Å². The van der Waals surface area contributed by atoms with Crippen LogP contribution in [0.15, 0.2) is 34.7 Å². The van der Waals surface area contributed by atoms with Crippen LogP contribution in [0.1, 0.15) is 16.1 Å². The molecule has 1 fully saturated rings. The van der Waals surface area contributed by atoms with E-state index in [-0.39, 0.29) is 30.7 Å². The molecule has 0 bridgehead atoms. The van der Waals surface area contributed by atoms with E-state index in [4.69, 9.17) is 9.15 Å². The standard InChI is InChI=1S/C17H17N3O6/c1-10-3-4-13(25-2)12(7-10)18-16(21)11-8-19(9-11)17(22)14-5-6-15(26-14)20(23)24/h3-7,11H,8-9H2,1-2H3,(H,18,21). The van der Waals surface area contributed by atoms with E-state index < -0.39 is 16.7 Å². The SMILES string of the molecule is COc1ccc(C)cc1NC(=O)C1CN(C(=O)c2ccc([N+](=O)[O-])o2)C1. The maximum atomic E-state index is 12.4. The fraction of sp³-hybridized carbons (Fsp3) is 0.294. The van der Waals surface area contributed by atoms with Crippen LogP contribution >= 0.6 is 0 Å². The summed E-state index contributed by atoms with van der Waals surface area (Å²) in [5, 5.41) is 13.4. The third-order valence-electron chi connectivity index (χ3n) is 4.13. The van der Waals surface area contributed by atoms with Crippen molar-refractivity contribution in [2.75, 3.05) is 25.5 Å². The molecule has 1 aromatic heterocycles. The maximum absolute atomic E-state index is 12.4. The van der Waals surface area contributed by atoms with E-state index in [9.17, 15) is 19.7 Å². The van der Waals surface area contributed by atoms with Gasteiger partial charge in [0, 0.05) is 13.1 Å². The van der Waals surface area contributed by atoms with E-state index >= 15 is 0 Å². The number of anilines is 1. The first-order valence-corrected chi connectivity index (χ1v) is 7.88. The Kier molecular flexibility index (Phi) is 4.61. The highest BCUT2D eigenvalue weighted by Gasteiger charge is 2.37. The lowest BCUT2D eigenvalue weighted by Crippen LogP contribution is -2.54. The zero-order chi connectivity index (χ0) is 18.8. The Bertz CT molecular complexity index is 869. The first-order chi connectivity index (χ1) is 12.4. The third kappa shape index (κ3) is 3.37. The van der Waals surface area contributed by atoms with E-state index in [0.717, 1.165) is 11.6 Å². The number of nitrogens with one attached hydrogen (secondary N) is 1. The van der Waals surface area contributed by atoms with Crippen LogP contribution in [0.25, 0.3) is 0 Å². The zero-order valence-electron chi connectivity index (χ0n) is 14.2. The summed E-state index contributed by atoms with van der Waals surface area (Å²) < 4.78 is 10.1. The molecule has 3 rings (SSSR count). The van der Waals surface area contributed by atoms with Gasteiger partial charge in [-0.15, -0.1) is 0 Å². The van der Waals surface area contributed by atoms with Crippen molar-refractivity contribution >= 4 is 23.4 Å². The van der Waals surface area contributed by atoms with Crippen molar-refractivity contribution in [1.29, 1.82) is 0 Å². The van der Waals surface area contributed by atoms with Crippen LogP contribution in [0.5, 0.6) is 5.75 Å². The number of carbonyl (C=O) groups excluding carboxylic acids is 2. The molecule has 26 heavy (non-hydrogen) atoms. The van der Waals surface area contributed by atoms with Gasteiger partial charge in [-0.2, -0.15) is 0 Å². The number of hydrogen-bond donors (Lipinski definition) is 1. The largest absolute Gasteiger partial charge is 0.495 e. The van der Waals surface area contributed by atoms with E-state index in [1.807, 2.05) is 13.0 Å². The van der Waals surface area contributed by atoms with Gasteiger partial charge in [-0.05, 0) is 30.7 Å². The molecule has 2 heterocycles. The molecule has 1 aliphatic heterocycles. The van der Waals surface area contributed by atoms with Gasteiger partial charge in [0.05, 0.1) is 24.8 Å². The minimum Gasteiger partial charge on any atom is -0.495 e. The molecule has 0 aliphatic carbocycles. The number of rotatable bonds is 5. The summed E-state index contributed by atoms with van der Waals surface area (Å²) in [5.41, 5.74) is 1.55. The molecule has 0 radical (unpaired) electrons. The number of nitro groups is 1. The number of furan rings is 1. The second kappa shape index (κ2) is 6.87. The van der Waals surface area contributed by atoms with Gasteiger partial charge >= 0.3 is 5.88 Å². The number of benzene rings is 1. The van der Waals surface area contributed by atoms with Gasteiger partial charge in [0.2, 0.25) is 5.91 Å². The average Bonchev–Trinajstić information content (AvgIpc) is 3.04. The van der Waals surface area contributed by atoms with Crippen LogP contribution in [0.2, 0.25) is 0 Å². The fourth-order valence-electron chi connectivity index (χ4n) is 2.66. The summed E-state index contributed by atoms with van der Waals surface area (Å²) in [6.45, 7) is 2.34. The number of amides is 2. The molecular formula is C17H17N3O6. The summed E-state index contributed by atoms with van der Waals surface area (Å²) in [4.78, 5) is 35.8. The van der Waals surface area contributed by atoms with Crippen molar-refractivity contribution in [3.8, 4) is 5.75 Å². The molecule has 1 aromatic carbocycles. The van der Waals surface area contributed by atoms with Crippen molar-refractivity contribution in [1.82, 2.24) is 4.90 Å². The van der Waals surface area contributed by atoms with E-state index in [0.29, 0.717) is 11.4 Å². The molecule has 0 atom stereocenters. The predicted molar refractivity (Wildman–Crippen MR) is 91.1 cm³/mol. The Morgan fingerprint density at radius 1 is 1.31 bits per heavy atom. The van der Waals surface area contributed by atoms with Crippen molar-refractivity contribution in [2.45, 2.75) is 6.92 Å². The lowest BCUT2D eigenvalue weighted by molar-refractivity contribution is -0.402. The molecule has 9 heteroatoms. The highest BCUT2D eigenvalue weighted by Crippen LogP contribution is 2.28. The van der Waals surface area contributed by atoms with Crippen molar-refractivity contribution < 1.29 is 23.7 Å². The van der Waals surface area contributed by atoms with Gasteiger partial charge in [0.15, 0.2) is 5.76 Å². The van der Waals surface area contributed by atoms with E-state index in [1.54, 1.807) is 12.1 Å². The topological polar surface area (TPSA) is 115 Å². The molecule has 1 aliphatic rings. The third-order valence-corrected chi connectivity index (χ3v) is 4.13. The van der Waals surface area contributed by atoms with E-state index in [1.165, 1.54) is 18.1 Å². The van der Waals surface area contributed by atoms with Gasteiger partial charge in [-0.3, -0.25) is 19.7 Å². The molecule has 2 amide bonds. The Morgan fingerprint density at radius 3 is 2.65 bits per heavy atom. The number of likely N-dealkylation sites (tertiary alicyclic amines) is 1. The van der Waals surface area contributed by atoms with Crippen molar-refractivity contribution in [2.24, 2.45) is 5.92 Å². The molecule has 1 N–H and O–H groups in total. The number of ether oxygens (including phenoxy) is 1. The maximum Gasteiger partial charge on any atom is 0.433 e. The molecule has 0 spiro atoms. The normalized spacial score (nSPS) is 13.8. The minimum atomic E-state index is -0.710. The first-order valence-electron chi connectivity index (χ1n) is 7.88. The summed E-state index contributed by atoms with van der Waals surface area (Å²) in [5.74, 6) is -1.11. The lowest BCUT2D eigenvalue weighted by atomic mass is 9.98. The van der Waals surface area contributed by atoms with Gasteiger partial charge in [0.25, 0.3) is 5.91 Å². The van der Waals surface area contributed by atoms with Crippen LogP contribution in [0.4, 0.5) is 11.6 Å². The summed E-state index contributed by atoms with van der Waals surface area (Å²) >= 11 is 0. The second-order valence-corrected chi connectivity index (χ2v) is 6.00. The molecule has 2 aromatic rings. The molecule has 9 nitrogen and oxygen atoms in total.